The van der Waals surface area contributed by atoms with Gasteiger partial charge in [0.05, 0.1) is 6.61 Å². The zero-order valence-corrected chi connectivity index (χ0v) is 13.7. The first kappa shape index (κ1) is 16.9. The summed E-state index contributed by atoms with van der Waals surface area (Å²) in [5, 5.41) is 0. The van der Waals surface area contributed by atoms with Gasteiger partial charge in [0.1, 0.15) is 5.75 Å². The lowest BCUT2D eigenvalue weighted by Gasteiger charge is -2.26. The highest BCUT2D eigenvalue weighted by atomic mass is 19.2. The van der Waals surface area contributed by atoms with Crippen LogP contribution in [-0.2, 0) is 0 Å². The Morgan fingerprint density at radius 1 is 0.875 bits per heavy atom. The standard InChI is InChI=1S/C20H21F3O/c1-13-2-4-14(5-3-13)12-24-17-8-6-15(7-9-17)16-10-18(21)20(23)19(22)11-16/h6-11,13-14H,2-5,12H2,1H3. The first-order chi connectivity index (χ1) is 11.5. The van der Waals surface area contributed by atoms with Gasteiger partial charge < -0.3 is 4.74 Å². The van der Waals surface area contributed by atoms with Crippen LogP contribution in [0.15, 0.2) is 36.4 Å². The SMILES string of the molecule is CC1CCC(COc2ccc(-c3cc(F)c(F)c(F)c3)cc2)CC1. The van der Waals surface area contributed by atoms with E-state index in [2.05, 4.69) is 6.92 Å². The van der Waals surface area contributed by atoms with Crippen LogP contribution in [-0.4, -0.2) is 6.61 Å². The quantitative estimate of drug-likeness (QED) is 0.625. The van der Waals surface area contributed by atoms with Crippen LogP contribution in [0.2, 0.25) is 0 Å². The summed E-state index contributed by atoms with van der Waals surface area (Å²) < 4.78 is 45.5. The second kappa shape index (κ2) is 7.29. The molecule has 0 N–H and O–H groups in total. The lowest BCUT2D eigenvalue weighted by atomic mass is 9.83. The highest BCUT2D eigenvalue weighted by Crippen LogP contribution is 2.30. The van der Waals surface area contributed by atoms with Gasteiger partial charge in [0.25, 0.3) is 0 Å². The molecule has 0 spiro atoms. The highest BCUT2D eigenvalue weighted by Gasteiger charge is 2.18. The maximum absolute atomic E-state index is 13.3. The van der Waals surface area contributed by atoms with Crippen LogP contribution >= 0.6 is 0 Å². The third kappa shape index (κ3) is 3.92. The summed E-state index contributed by atoms with van der Waals surface area (Å²) in [6.07, 6.45) is 4.92. The number of ether oxygens (including phenoxy) is 1. The zero-order chi connectivity index (χ0) is 17.1. The largest absolute Gasteiger partial charge is 0.493 e. The maximum Gasteiger partial charge on any atom is 0.194 e. The molecule has 0 unspecified atom stereocenters. The molecule has 1 saturated carbocycles. The van der Waals surface area contributed by atoms with Crippen molar-refractivity contribution in [2.24, 2.45) is 11.8 Å². The summed E-state index contributed by atoms with van der Waals surface area (Å²) in [6, 6.07) is 9.00. The van der Waals surface area contributed by atoms with Gasteiger partial charge in [-0.1, -0.05) is 31.9 Å². The molecular formula is C20H21F3O. The Morgan fingerprint density at radius 2 is 1.46 bits per heavy atom. The molecule has 24 heavy (non-hydrogen) atoms. The van der Waals surface area contributed by atoms with Gasteiger partial charge in [0.2, 0.25) is 0 Å². The normalized spacial score (nSPS) is 20.8. The molecule has 4 heteroatoms. The van der Waals surface area contributed by atoms with Crippen LogP contribution in [0.4, 0.5) is 13.2 Å². The summed E-state index contributed by atoms with van der Waals surface area (Å²) in [7, 11) is 0. The average molecular weight is 334 g/mol. The fraction of sp³-hybridized carbons (Fsp3) is 0.400. The van der Waals surface area contributed by atoms with E-state index >= 15 is 0 Å². The Balaban J connectivity index is 1.63. The van der Waals surface area contributed by atoms with E-state index in [9.17, 15) is 13.2 Å². The average Bonchev–Trinajstić information content (AvgIpc) is 2.59. The van der Waals surface area contributed by atoms with E-state index in [1.807, 2.05) is 0 Å². The molecule has 1 aliphatic carbocycles. The van der Waals surface area contributed by atoms with Crippen LogP contribution in [0.3, 0.4) is 0 Å². The molecule has 1 aliphatic rings. The molecule has 0 saturated heterocycles. The fourth-order valence-corrected chi connectivity index (χ4v) is 3.18. The first-order valence-corrected chi connectivity index (χ1v) is 8.40. The maximum atomic E-state index is 13.3. The van der Waals surface area contributed by atoms with Crippen LogP contribution < -0.4 is 4.74 Å². The van der Waals surface area contributed by atoms with Gasteiger partial charge in [0.15, 0.2) is 17.5 Å². The molecule has 128 valence electrons. The van der Waals surface area contributed by atoms with E-state index in [4.69, 9.17) is 4.74 Å². The van der Waals surface area contributed by atoms with E-state index in [1.165, 1.54) is 25.7 Å². The van der Waals surface area contributed by atoms with Gasteiger partial charge in [-0.2, -0.15) is 0 Å². The lowest BCUT2D eigenvalue weighted by Crippen LogP contribution is -2.18. The summed E-state index contributed by atoms with van der Waals surface area (Å²) >= 11 is 0. The molecule has 1 nitrogen and oxygen atoms in total. The van der Waals surface area contributed by atoms with Crippen molar-refractivity contribution in [3.63, 3.8) is 0 Å². The molecule has 0 bridgehead atoms. The second-order valence-electron chi connectivity index (χ2n) is 6.72. The van der Waals surface area contributed by atoms with Gasteiger partial charge in [-0.3, -0.25) is 0 Å². The van der Waals surface area contributed by atoms with Crippen molar-refractivity contribution in [3.8, 4) is 16.9 Å². The Hall–Kier alpha value is -1.97. The lowest BCUT2D eigenvalue weighted by molar-refractivity contribution is 0.188. The minimum Gasteiger partial charge on any atom is -0.493 e. The number of hydrogen-bond donors (Lipinski definition) is 0. The predicted octanol–water partition coefficient (Wildman–Crippen LogP) is 5.98. The van der Waals surface area contributed by atoms with Gasteiger partial charge in [-0.15, -0.1) is 0 Å². The third-order valence-corrected chi connectivity index (χ3v) is 4.79. The molecule has 2 aromatic rings. The summed E-state index contributed by atoms with van der Waals surface area (Å²) in [5.41, 5.74) is 0.922. The molecule has 0 heterocycles. The topological polar surface area (TPSA) is 9.23 Å². The zero-order valence-electron chi connectivity index (χ0n) is 13.7. The minimum absolute atomic E-state index is 0.305. The summed E-state index contributed by atoms with van der Waals surface area (Å²) in [6.45, 7) is 2.99. The highest BCUT2D eigenvalue weighted by molar-refractivity contribution is 5.64. The Morgan fingerprint density at radius 3 is 2.04 bits per heavy atom. The van der Waals surface area contributed by atoms with Crippen molar-refractivity contribution in [3.05, 3.63) is 53.8 Å². The Kier molecular flexibility index (Phi) is 5.12. The van der Waals surface area contributed by atoms with E-state index in [-0.39, 0.29) is 0 Å². The van der Waals surface area contributed by atoms with Crippen molar-refractivity contribution in [1.29, 1.82) is 0 Å². The molecule has 0 aromatic heterocycles. The third-order valence-electron chi connectivity index (χ3n) is 4.79. The van der Waals surface area contributed by atoms with Crippen LogP contribution in [0.1, 0.15) is 32.6 Å². The van der Waals surface area contributed by atoms with Crippen LogP contribution in [0, 0.1) is 29.3 Å². The van der Waals surface area contributed by atoms with Crippen LogP contribution in [0.25, 0.3) is 11.1 Å². The van der Waals surface area contributed by atoms with Crippen molar-refractivity contribution in [2.75, 3.05) is 6.61 Å². The Bertz CT molecular complexity index is 666. The van der Waals surface area contributed by atoms with Gasteiger partial charge in [0, 0.05) is 0 Å². The van der Waals surface area contributed by atoms with Crippen molar-refractivity contribution >= 4 is 0 Å². The first-order valence-electron chi connectivity index (χ1n) is 8.40. The molecular weight excluding hydrogens is 313 g/mol. The minimum atomic E-state index is -1.44. The van der Waals surface area contributed by atoms with E-state index in [0.29, 0.717) is 23.7 Å². The molecule has 0 amide bonds. The molecule has 0 aliphatic heterocycles. The number of rotatable bonds is 4. The molecule has 0 atom stereocenters. The van der Waals surface area contributed by atoms with Crippen molar-refractivity contribution in [1.82, 2.24) is 0 Å². The number of hydrogen-bond acceptors (Lipinski definition) is 1. The number of halogens is 3. The monoisotopic (exact) mass is 334 g/mol. The fourth-order valence-electron chi connectivity index (χ4n) is 3.18. The molecule has 3 rings (SSSR count). The smallest absolute Gasteiger partial charge is 0.194 e. The molecule has 0 radical (unpaired) electrons. The van der Waals surface area contributed by atoms with E-state index < -0.39 is 17.5 Å². The van der Waals surface area contributed by atoms with Gasteiger partial charge in [-0.25, -0.2) is 13.2 Å². The summed E-state index contributed by atoms with van der Waals surface area (Å²) in [5.74, 6) is -1.66. The number of benzene rings is 2. The van der Waals surface area contributed by atoms with E-state index in [0.717, 1.165) is 23.8 Å². The summed E-state index contributed by atoms with van der Waals surface area (Å²) in [4.78, 5) is 0. The molecule has 1 fully saturated rings. The van der Waals surface area contributed by atoms with E-state index in [1.54, 1.807) is 24.3 Å². The van der Waals surface area contributed by atoms with Crippen LogP contribution in [0.5, 0.6) is 5.75 Å². The van der Waals surface area contributed by atoms with Gasteiger partial charge in [-0.05, 0) is 60.1 Å². The predicted molar refractivity (Wildman–Crippen MR) is 88.4 cm³/mol. The van der Waals surface area contributed by atoms with Gasteiger partial charge >= 0.3 is 0 Å². The van der Waals surface area contributed by atoms with Crippen molar-refractivity contribution in [2.45, 2.75) is 32.6 Å². The molecule has 2 aromatic carbocycles. The Labute approximate surface area is 140 Å². The second-order valence-corrected chi connectivity index (χ2v) is 6.72. The van der Waals surface area contributed by atoms with Crippen molar-refractivity contribution < 1.29 is 17.9 Å².